The Morgan fingerprint density at radius 1 is 0.553 bits per heavy atom. The summed E-state index contributed by atoms with van der Waals surface area (Å²) < 4.78 is 5.20. The van der Waals surface area contributed by atoms with Crippen LogP contribution in [-0.4, -0.2) is 87.3 Å². The highest BCUT2D eigenvalue weighted by molar-refractivity contribution is 5.95. The molecule has 1 amide bonds. The monoisotopic (exact) mass is 663 g/mol. The number of amides is 1. The molecule has 4 aromatic rings. The zero-order valence-corrected chi connectivity index (χ0v) is 24.4. The van der Waals surface area contributed by atoms with E-state index in [0.29, 0.717) is 17.9 Å². The van der Waals surface area contributed by atoms with E-state index in [1.807, 2.05) is 6.92 Å². The molecule has 15 N–H and O–H groups in total. The molecule has 0 aromatic heterocycles. The number of para-hydroxylation sites is 1. The van der Waals surface area contributed by atoms with Gasteiger partial charge >= 0.3 is 17.9 Å². The normalized spacial score (nSPS) is 9.04. The SMILES string of the molecule is CCOc1ccccc1C(N)=O.O.O.O=C(O)c1cc(O)cc(O)c1.O=C(O)c1cc(O)cc(O)c1.O=C(O)c1cc(O)cc(O)c1. The van der Waals surface area contributed by atoms with Crippen molar-refractivity contribution in [3.63, 3.8) is 0 Å². The fourth-order valence-corrected chi connectivity index (χ4v) is 3.11. The molecule has 0 radical (unpaired) electrons. The maximum absolute atomic E-state index is 10.8. The van der Waals surface area contributed by atoms with Crippen LogP contribution in [0.15, 0.2) is 78.9 Å². The minimum atomic E-state index is -1.18. The number of hydrogen-bond donors (Lipinski definition) is 10. The van der Waals surface area contributed by atoms with Crippen LogP contribution in [0.25, 0.3) is 0 Å². The summed E-state index contributed by atoms with van der Waals surface area (Å²) >= 11 is 0. The Kier molecular flexibility index (Phi) is 18.3. The number of aromatic hydroxyl groups is 6. The first-order chi connectivity index (χ1) is 21.0. The van der Waals surface area contributed by atoms with E-state index in [1.165, 1.54) is 0 Å². The van der Waals surface area contributed by atoms with Gasteiger partial charge in [-0.3, -0.25) is 4.79 Å². The molecule has 0 spiro atoms. The number of carboxylic acids is 3. The molecule has 0 bridgehead atoms. The van der Waals surface area contributed by atoms with Gasteiger partial charge in [-0.1, -0.05) is 12.1 Å². The second kappa shape index (κ2) is 20.3. The van der Waals surface area contributed by atoms with Crippen LogP contribution >= 0.6 is 0 Å². The number of phenolic OH excluding ortho intramolecular Hbond substituents is 6. The third-order valence-corrected chi connectivity index (χ3v) is 4.90. The average molecular weight is 664 g/mol. The molecule has 17 heteroatoms. The molecule has 4 aromatic carbocycles. The van der Waals surface area contributed by atoms with E-state index < -0.39 is 23.8 Å². The summed E-state index contributed by atoms with van der Waals surface area (Å²) in [6, 6.07) is 16.5. The number of nitrogens with two attached hydrogens (primary N) is 1. The number of carbonyl (C=O) groups is 4. The lowest BCUT2D eigenvalue weighted by atomic mass is 10.2. The lowest BCUT2D eigenvalue weighted by Crippen LogP contribution is -2.12. The van der Waals surface area contributed by atoms with Gasteiger partial charge in [0.15, 0.2) is 0 Å². The Balaban J connectivity index is 0. The first-order valence-corrected chi connectivity index (χ1v) is 12.3. The zero-order valence-electron chi connectivity index (χ0n) is 24.4. The molecule has 0 atom stereocenters. The fraction of sp³-hybridized carbons (Fsp3) is 0.0667. The van der Waals surface area contributed by atoms with Crippen LogP contribution in [0.4, 0.5) is 0 Å². The second-order valence-corrected chi connectivity index (χ2v) is 8.42. The van der Waals surface area contributed by atoms with E-state index in [9.17, 15) is 19.2 Å². The summed E-state index contributed by atoms with van der Waals surface area (Å²) in [6.45, 7) is 2.39. The minimum Gasteiger partial charge on any atom is -0.508 e. The van der Waals surface area contributed by atoms with E-state index in [4.69, 9.17) is 56.4 Å². The highest BCUT2D eigenvalue weighted by atomic mass is 16.5. The Hall–Kier alpha value is -6.72. The summed E-state index contributed by atoms with van der Waals surface area (Å²) in [5.74, 6) is -5.03. The van der Waals surface area contributed by atoms with Gasteiger partial charge in [0.2, 0.25) is 0 Å². The van der Waals surface area contributed by atoms with Crippen molar-refractivity contribution in [2.75, 3.05) is 6.61 Å². The number of rotatable bonds is 6. The molecule has 17 nitrogen and oxygen atoms in total. The Morgan fingerprint density at radius 3 is 1.06 bits per heavy atom. The molecule has 0 aliphatic carbocycles. The van der Waals surface area contributed by atoms with Crippen molar-refractivity contribution in [1.29, 1.82) is 0 Å². The summed E-state index contributed by atoms with van der Waals surface area (Å²) in [7, 11) is 0. The molecular formula is C30H33NO16. The maximum Gasteiger partial charge on any atom is 0.335 e. The number of carbonyl (C=O) groups excluding carboxylic acids is 1. The van der Waals surface area contributed by atoms with Crippen LogP contribution < -0.4 is 10.5 Å². The summed E-state index contributed by atoms with van der Waals surface area (Å²) in [6.07, 6.45) is 0. The van der Waals surface area contributed by atoms with Gasteiger partial charge in [0.05, 0.1) is 28.9 Å². The molecule has 0 saturated heterocycles. The lowest BCUT2D eigenvalue weighted by molar-refractivity contribution is 0.0685. The van der Waals surface area contributed by atoms with E-state index in [2.05, 4.69) is 0 Å². The molecule has 0 aliphatic rings. The number of primary amides is 1. The number of benzene rings is 4. The number of carboxylic acid groups (broad SMARTS) is 3. The third kappa shape index (κ3) is 15.5. The van der Waals surface area contributed by atoms with Crippen molar-refractivity contribution in [3.8, 4) is 40.2 Å². The predicted molar refractivity (Wildman–Crippen MR) is 164 cm³/mol. The molecular weight excluding hydrogens is 630 g/mol. The van der Waals surface area contributed by atoms with E-state index in [0.717, 1.165) is 54.6 Å². The number of phenols is 6. The van der Waals surface area contributed by atoms with Crippen molar-refractivity contribution in [3.05, 3.63) is 101 Å². The van der Waals surface area contributed by atoms with Crippen molar-refractivity contribution in [2.45, 2.75) is 6.92 Å². The number of ether oxygens (including phenoxy) is 1. The third-order valence-electron chi connectivity index (χ3n) is 4.90. The number of aromatic carboxylic acids is 3. The van der Waals surface area contributed by atoms with Gasteiger partial charge in [0.1, 0.15) is 40.2 Å². The molecule has 0 fully saturated rings. The van der Waals surface area contributed by atoms with Crippen LogP contribution in [0.5, 0.6) is 40.2 Å². The van der Waals surface area contributed by atoms with Crippen molar-refractivity contribution >= 4 is 23.8 Å². The van der Waals surface area contributed by atoms with Crippen molar-refractivity contribution in [2.24, 2.45) is 5.73 Å². The van der Waals surface area contributed by atoms with Gasteiger partial charge < -0.3 is 67.4 Å². The molecule has 254 valence electrons. The first-order valence-electron chi connectivity index (χ1n) is 12.3. The van der Waals surface area contributed by atoms with Gasteiger partial charge in [-0.25, -0.2) is 14.4 Å². The Labute approximate surface area is 265 Å². The van der Waals surface area contributed by atoms with Gasteiger partial charge in [-0.15, -0.1) is 0 Å². The predicted octanol–water partition coefficient (Wildman–Crippen LogP) is 1.92. The van der Waals surface area contributed by atoms with Crippen molar-refractivity contribution in [1.82, 2.24) is 0 Å². The lowest BCUT2D eigenvalue weighted by Gasteiger charge is -2.05. The summed E-state index contributed by atoms with van der Waals surface area (Å²) in [4.78, 5) is 41.7. The molecule has 4 rings (SSSR count). The highest BCUT2D eigenvalue weighted by Crippen LogP contribution is 2.22. The van der Waals surface area contributed by atoms with Crippen molar-refractivity contribution < 1.29 is 80.8 Å². The molecule has 0 aliphatic heterocycles. The largest absolute Gasteiger partial charge is 0.508 e. The summed E-state index contributed by atoms with van der Waals surface area (Å²) in [5.41, 5.74) is 5.15. The van der Waals surface area contributed by atoms with Gasteiger partial charge in [-0.05, 0) is 55.5 Å². The smallest absolute Gasteiger partial charge is 0.335 e. The van der Waals surface area contributed by atoms with Crippen LogP contribution in [-0.2, 0) is 0 Å². The standard InChI is InChI=1S/C9H11NO2.3C7H6O4.2H2O/c1-2-12-8-6-4-3-5-7(8)9(10)11;3*8-5-1-4(7(10)11)2-6(9)3-5;;/h3-6H,2H2,1H3,(H2,10,11);3*1-3,8-9H,(H,10,11);2*1H2. The molecule has 0 unspecified atom stereocenters. The van der Waals surface area contributed by atoms with E-state index in [-0.39, 0.29) is 62.1 Å². The van der Waals surface area contributed by atoms with Crippen LogP contribution in [0.2, 0.25) is 0 Å². The number of hydrogen-bond acceptors (Lipinski definition) is 11. The van der Waals surface area contributed by atoms with Gasteiger partial charge in [0.25, 0.3) is 5.91 Å². The summed E-state index contributed by atoms with van der Waals surface area (Å²) in [5, 5.41) is 78.2. The van der Waals surface area contributed by atoms with Crippen LogP contribution in [0, 0.1) is 0 Å². The first kappa shape index (κ1) is 42.4. The highest BCUT2D eigenvalue weighted by Gasteiger charge is 2.08. The minimum absolute atomic E-state index is 0. The molecule has 0 saturated carbocycles. The Morgan fingerprint density at radius 2 is 0.830 bits per heavy atom. The molecule has 47 heavy (non-hydrogen) atoms. The topological polar surface area (TPSA) is 349 Å². The quantitative estimate of drug-likeness (QED) is 0.141. The maximum atomic E-state index is 10.8. The van der Waals surface area contributed by atoms with Gasteiger partial charge in [-0.2, -0.15) is 0 Å². The van der Waals surface area contributed by atoms with E-state index >= 15 is 0 Å². The second-order valence-electron chi connectivity index (χ2n) is 8.42. The molecule has 0 heterocycles. The fourth-order valence-electron chi connectivity index (χ4n) is 3.11. The van der Waals surface area contributed by atoms with Crippen LogP contribution in [0.1, 0.15) is 48.4 Å². The van der Waals surface area contributed by atoms with Gasteiger partial charge in [0, 0.05) is 18.2 Å². The zero-order chi connectivity index (χ0) is 34.3. The van der Waals surface area contributed by atoms with Crippen LogP contribution in [0.3, 0.4) is 0 Å². The van der Waals surface area contributed by atoms with E-state index in [1.54, 1.807) is 24.3 Å². The average Bonchev–Trinajstić information content (AvgIpc) is 2.93. The Bertz CT molecular complexity index is 1450.